The fraction of sp³-hybridized carbons (Fsp3) is 0.123. The molecular weight excluding hydrogens is 1630 g/mol. The maximum absolute atomic E-state index is 8.49. The number of rotatable bonds is 17. The largest absolute Gasteiger partial charge is 3.00 e. The van der Waals surface area contributed by atoms with Crippen molar-refractivity contribution in [2.45, 2.75) is 20.8 Å². The summed E-state index contributed by atoms with van der Waals surface area (Å²) in [5.41, 5.74) is 0. The van der Waals surface area contributed by atoms with Gasteiger partial charge in [-0.1, -0.05) is 289 Å². The Bertz CT molecular complexity index is 3050. The average Bonchev–Trinajstić information content (AvgIpc) is 0.905. The second-order valence-corrected chi connectivity index (χ2v) is 33.4. The quantitative estimate of drug-likeness (QED) is 0.0927. The van der Waals surface area contributed by atoms with Gasteiger partial charge in [-0.15, -0.1) is 30.7 Å². The summed E-state index contributed by atoms with van der Waals surface area (Å²) in [4.78, 5) is 0. The van der Waals surface area contributed by atoms with Crippen molar-refractivity contribution < 1.29 is 137 Å². The van der Waals surface area contributed by atoms with Crippen LogP contribution in [0, 0.1) is 64.7 Å². The summed E-state index contributed by atoms with van der Waals surface area (Å²) in [5, 5.41) is 42.3. The third kappa shape index (κ3) is 45.3. The van der Waals surface area contributed by atoms with Crippen molar-refractivity contribution >= 4 is 95.9 Å². The summed E-state index contributed by atoms with van der Waals surface area (Å²) in [6.07, 6.45) is 0. The summed E-state index contributed by atoms with van der Waals surface area (Å²) in [5.74, 6) is 4.87. The van der Waals surface area contributed by atoms with E-state index < -0.39 is 46.6 Å². The topological polar surface area (TPSA) is 368 Å². The molecule has 0 bridgehead atoms. The number of hydrogen-bond acceptors (Lipinski definition) is 16. The molecule has 92 heavy (non-hydrogen) atoms. The van der Waals surface area contributed by atoms with E-state index in [0.29, 0.717) is 0 Å². The first-order chi connectivity index (χ1) is 43.0. The van der Waals surface area contributed by atoms with E-state index in [1.54, 1.807) is 18.2 Å². The summed E-state index contributed by atoms with van der Waals surface area (Å²) in [6.45, 7) is 4.29. The maximum atomic E-state index is 8.49. The molecule has 0 unspecified atom stereocenters. The summed E-state index contributed by atoms with van der Waals surface area (Å²) < 4.78 is 102. The van der Waals surface area contributed by atoms with Gasteiger partial charge in [0.15, 0.2) is 0 Å². The normalized spacial score (nSPS) is 10.5. The van der Waals surface area contributed by atoms with Crippen LogP contribution in [0.25, 0.3) is 0 Å². The van der Waals surface area contributed by atoms with Crippen LogP contribution in [0.4, 0.5) is 0 Å². The van der Waals surface area contributed by atoms with E-state index in [1.807, 2.05) is 0 Å². The predicted octanol–water partition coefficient (Wildman–Crippen LogP) is 0.0131. The Morgan fingerprint density at radius 2 is 0.446 bits per heavy atom. The minimum Gasteiger partial charge on any atom is -0.501 e. The molecule has 0 aliphatic carbocycles. The SMILES string of the molecule is CC#N.CC#N.CC#N.CO.[Ag+].[Au+3].[O-][Cl+3]([O-])([O-])[O-].[O-][Cl+3]([O-])([O-])[O-].[O-][Cl+3]([O-])([O-])[O-].c1ccc(P(CP(c2ccccc2)c2ccccc2)CP(c2ccccc2)c2ccccc2)cc1.c1ccc([P-]C[P@](CP(c2ccccc2)c2ccccc2)c2ccccc2)cc1. The van der Waals surface area contributed by atoms with Crippen LogP contribution in [0.15, 0.2) is 273 Å². The monoisotopic (exact) mass is 1690 g/mol. The molecule has 0 saturated carbocycles. The molecule has 0 aromatic heterocycles. The molecule has 0 aliphatic heterocycles. The van der Waals surface area contributed by atoms with Crippen molar-refractivity contribution in [2.75, 3.05) is 30.7 Å². The zero-order valence-electron chi connectivity index (χ0n) is 49.9. The van der Waals surface area contributed by atoms with Gasteiger partial charge in [0.1, 0.15) is 0 Å². The number of aliphatic hydroxyl groups excluding tert-OH is 1. The first-order valence-corrected chi connectivity index (χ1v) is 39.0. The van der Waals surface area contributed by atoms with Gasteiger partial charge >= 0.3 is 44.8 Å². The van der Waals surface area contributed by atoms with Crippen LogP contribution in [0.1, 0.15) is 20.8 Å². The number of halogens is 3. The molecule has 0 saturated heterocycles. The molecule has 0 heterocycles. The van der Waals surface area contributed by atoms with E-state index in [9.17, 15) is 0 Å². The second-order valence-electron chi connectivity index (χ2n) is 16.9. The van der Waals surface area contributed by atoms with Crippen molar-refractivity contribution in [3.8, 4) is 18.2 Å². The maximum Gasteiger partial charge on any atom is 3.00 e. The Hall–Kier alpha value is -4.14. The summed E-state index contributed by atoms with van der Waals surface area (Å²) >= 11 is 0. The molecule has 9 aromatic rings. The molecule has 0 aliphatic rings. The number of benzene rings is 9. The molecule has 27 heteroatoms. The van der Waals surface area contributed by atoms with Gasteiger partial charge in [0.25, 0.3) is 0 Å². The number of hydrogen-bond donors (Lipinski definition) is 1. The van der Waals surface area contributed by atoms with Crippen molar-refractivity contribution in [1.29, 1.82) is 15.8 Å². The van der Waals surface area contributed by atoms with E-state index in [-0.39, 0.29) is 68.5 Å². The van der Waals surface area contributed by atoms with E-state index in [0.717, 1.165) is 7.11 Å². The number of nitriles is 3. The summed E-state index contributed by atoms with van der Waals surface area (Å²) in [7, 11) is -14.3. The Labute approximate surface area is 586 Å². The minimum absolute atomic E-state index is 0. The summed E-state index contributed by atoms with van der Waals surface area (Å²) in [6, 6.07) is 106. The molecule has 0 spiro atoms. The van der Waals surface area contributed by atoms with Crippen molar-refractivity contribution in [2.24, 2.45) is 0 Å². The van der Waals surface area contributed by atoms with Crippen LogP contribution in [-0.4, -0.2) is 35.8 Å². The zero-order valence-corrected chi connectivity index (χ0v) is 61.2. The number of aliphatic hydroxyl groups is 1. The first-order valence-electron chi connectivity index (χ1n) is 26.2. The van der Waals surface area contributed by atoms with Gasteiger partial charge in [-0.3, -0.25) is 0 Å². The van der Waals surface area contributed by atoms with Crippen LogP contribution < -0.4 is 104 Å². The third-order valence-electron chi connectivity index (χ3n) is 10.8. The van der Waals surface area contributed by atoms with Crippen LogP contribution in [0.5, 0.6) is 0 Å². The van der Waals surface area contributed by atoms with Crippen molar-refractivity contribution in [3.05, 3.63) is 273 Å². The van der Waals surface area contributed by atoms with Gasteiger partial charge in [0.05, 0.1) is 18.2 Å². The molecule has 0 radical (unpaired) electrons. The Morgan fingerprint density at radius 1 is 0.304 bits per heavy atom. The molecule has 0 fully saturated rings. The minimum atomic E-state index is -4.94. The predicted molar refractivity (Wildman–Crippen MR) is 338 cm³/mol. The molecule has 1 N–H and O–H groups in total. The van der Waals surface area contributed by atoms with Gasteiger partial charge in [-0.25, -0.2) is 61.2 Å². The van der Waals surface area contributed by atoms with Gasteiger partial charge in [-0.2, -0.15) is 21.7 Å². The molecule has 0 amide bonds. The first kappa shape index (κ1) is 89.9. The van der Waals surface area contributed by atoms with Crippen LogP contribution in [-0.2, 0) is 44.8 Å². The van der Waals surface area contributed by atoms with E-state index in [2.05, 4.69) is 273 Å². The molecule has 9 rings (SSSR count). The number of nitrogens with zero attached hydrogens (tertiary/aromatic N) is 3. The second kappa shape index (κ2) is 54.0. The Balaban J connectivity index is 0. The smallest absolute Gasteiger partial charge is 0.501 e. The van der Waals surface area contributed by atoms with Crippen molar-refractivity contribution in [1.82, 2.24) is 0 Å². The van der Waals surface area contributed by atoms with Crippen LogP contribution >= 0.6 is 48.2 Å². The molecular formula is C65H66AgAuCl3N3O13P6. The Kier molecular flexibility index (Phi) is 52.8. The zero-order chi connectivity index (χ0) is 67.1. The molecule has 492 valence electrons. The van der Waals surface area contributed by atoms with Gasteiger partial charge in [0, 0.05) is 39.7 Å². The third-order valence-corrected chi connectivity index (χ3v) is 28.4. The average molecular weight is 1690 g/mol. The van der Waals surface area contributed by atoms with E-state index in [4.69, 9.17) is 76.8 Å². The van der Waals surface area contributed by atoms with Crippen LogP contribution in [0.3, 0.4) is 0 Å². The Morgan fingerprint density at radius 3 is 0.630 bits per heavy atom. The van der Waals surface area contributed by atoms with Gasteiger partial charge in [-0.05, 0) is 72.1 Å². The van der Waals surface area contributed by atoms with Crippen molar-refractivity contribution in [3.63, 3.8) is 0 Å². The van der Waals surface area contributed by atoms with Gasteiger partial charge < -0.3 is 13.7 Å². The molecule has 1 atom stereocenters. The standard InChI is InChI=1S/C32H29P3.C26H24P3.3C2H3N.CH4O.Ag.Au.3ClHO4/c1-6-16-28(17-7-1)33(26-34(29-18-8-2-9-19-29)30-20-10-3-11-21-30)27-35(31-22-12-4-13-23-31)32-24-14-5-15-25-32;1-5-13-23(14-6-1)27-21-28(24-15-7-2-8-16-24)22-29(25-17-9-3-10-18-25)26-19-11-4-12-20-26;3*1-2-3;1-2;;;3*2-1(3,4)5/h1-25H,26-27H2;1-20H,21-22H2;3*1H3;2H,1H3;;;3*(H,2,3,4,5)/q;-1;;;;;+1;+3;;;/p-3/t;28-;;;;;;;;;/m.1........./s1. The molecule has 16 nitrogen and oxygen atoms in total. The van der Waals surface area contributed by atoms with Crippen LogP contribution in [0.2, 0.25) is 0 Å². The fourth-order valence-corrected chi connectivity index (χ4v) is 27.4. The fourth-order valence-electron chi connectivity index (χ4n) is 7.49. The van der Waals surface area contributed by atoms with E-state index >= 15 is 0 Å². The molecule has 9 aromatic carbocycles. The van der Waals surface area contributed by atoms with Gasteiger partial charge in [0.2, 0.25) is 0 Å². The van der Waals surface area contributed by atoms with E-state index in [1.165, 1.54) is 101 Å².